The minimum atomic E-state index is -0.433. The van der Waals surface area contributed by atoms with Gasteiger partial charge in [0.1, 0.15) is 11.6 Å². The molecule has 19 heavy (non-hydrogen) atoms. The van der Waals surface area contributed by atoms with Gasteiger partial charge in [0.2, 0.25) is 0 Å². The van der Waals surface area contributed by atoms with Crippen LogP contribution in [0.3, 0.4) is 0 Å². The van der Waals surface area contributed by atoms with Gasteiger partial charge in [-0.1, -0.05) is 49.4 Å². The summed E-state index contributed by atoms with van der Waals surface area (Å²) in [5.41, 5.74) is 0.259. The molecule has 1 aromatic heterocycles. The van der Waals surface area contributed by atoms with Gasteiger partial charge in [0.15, 0.2) is 0 Å². The van der Waals surface area contributed by atoms with Gasteiger partial charge in [-0.2, -0.15) is 0 Å². The fourth-order valence-electron chi connectivity index (χ4n) is 2.71. The van der Waals surface area contributed by atoms with E-state index in [0.717, 1.165) is 5.82 Å². The molecule has 0 bridgehead atoms. The molecule has 2 aromatic rings. The molecule has 1 N–H and O–H groups in total. The molecule has 1 aromatic carbocycles. The SMILES string of the molecule is CC1(c2ccccc2F)C=CC=CC1c1ncc[nH]1. The smallest absolute Gasteiger partial charge is 0.127 e. The molecule has 0 saturated carbocycles. The van der Waals surface area contributed by atoms with E-state index in [1.165, 1.54) is 6.07 Å². The Balaban J connectivity index is 2.13. The van der Waals surface area contributed by atoms with Gasteiger partial charge in [-0.25, -0.2) is 9.37 Å². The molecule has 2 atom stereocenters. The molecule has 3 heteroatoms. The zero-order chi connectivity index (χ0) is 13.3. The number of benzene rings is 1. The van der Waals surface area contributed by atoms with Gasteiger partial charge in [-0.05, 0) is 11.6 Å². The molecular formula is C16H15FN2. The third-order valence-corrected chi connectivity index (χ3v) is 3.77. The zero-order valence-electron chi connectivity index (χ0n) is 10.7. The van der Waals surface area contributed by atoms with Crippen LogP contribution in [0, 0.1) is 5.82 Å². The standard InChI is InChI=1S/C16H15FN2/c1-16(12-6-2-3-8-14(12)17)9-5-4-7-13(16)15-18-10-11-19-15/h2-11,13H,1H3,(H,18,19). The molecule has 0 fully saturated rings. The van der Waals surface area contributed by atoms with Crippen molar-refractivity contribution >= 4 is 0 Å². The van der Waals surface area contributed by atoms with Crippen LogP contribution in [0.25, 0.3) is 0 Å². The maximum atomic E-state index is 14.1. The van der Waals surface area contributed by atoms with E-state index in [0.29, 0.717) is 5.56 Å². The van der Waals surface area contributed by atoms with Crippen molar-refractivity contribution in [3.8, 4) is 0 Å². The van der Waals surface area contributed by atoms with E-state index in [2.05, 4.69) is 16.0 Å². The van der Waals surface area contributed by atoms with E-state index in [1.54, 1.807) is 18.5 Å². The van der Waals surface area contributed by atoms with Gasteiger partial charge in [0, 0.05) is 23.7 Å². The number of H-pyrrole nitrogens is 1. The Morgan fingerprint density at radius 2 is 2.11 bits per heavy atom. The van der Waals surface area contributed by atoms with Crippen LogP contribution in [0.15, 0.2) is 61.0 Å². The Morgan fingerprint density at radius 3 is 2.84 bits per heavy atom. The quantitative estimate of drug-likeness (QED) is 0.869. The summed E-state index contributed by atoms with van der Waals surface area (Å²) in [6.07, 6.45) is 11.6. The number of allylic oxidation sites excluding steroid dienone is 4. The van der Waals surface area contributed by atoms with Crippen LogP contribution in [0.4, 0.5) is 4.39 Å². The van der Waals surface area contributed by atoms with Crippen molar-refractivity contribution in [3.05, 3.63) is 78.2 Å². The van der Waals surface area contributed by atoms with E-state index in [9.17, 15) is 4.39 Å². The lowest BCUT2D eigenvalue weighted by Crippen LogP contribution is -2.30. The first-order valence-electron chi connectivity index (χ1n) is 6.32. The number of aromatic nitrogens is 2. The van der Waals surface area contributed by atoms with Crippen LogP contribution >= 0.6 is 0 Å². The maximum absolute atomic E-state index is 14.1. The van der Waals surface area contributed by atoms with E-state index >= 15 is 0 Å². The Labute approximate surface area is 111 Å². The fraction of sp³-hybridized carbons (Fsp3) is 0.188. The van der Waals surface area contributed by atoms with Gasteiger partial charge < -0.3 is 4.98 Å². The van der Waals surface area contributed by atoms with Gasteiger partial charge >= 0.3 is 0 Å². The molecule has 1 heterocycles. The Hall–Kier alpha value is -2.16. The van der Waals surface area contributed by atoms with Crippen LogP contribution in [0.5, 0.6) is 0 Å². The van der Waals surface area contributed by atoms with E-state index in [1.807, 2.05) is 37.3 Å². The third kappa shape index (κ3) is 1.91. The normalized spacial score (nSPS) is 25.7. The summed E-state index contributed by atoms with van der Waals surface area (Å²) in [7, 11) is 0. The second-order valence-corrected chi connectivity index (χ2v) is 4.96. The number of nitrogens with zero attached hydrogens (tertiary/aromatic N) is 1. The number of aromatic amines is 1. The Morgan fingerprint density at radius 1 is 1.26 bits per heavy atom. The van der Waals surface area contributed by atoms with E-state index < -0.39 is 5.41 Å². The van der Waals surface area contributed by atoms with Crippen LogP contribution in [-0.4, -0.2) is 9.97 Å². The third-order valence-electron chi connectivity index (χ3n) is 3.77. The first-order valence-corrected chi connectivity index (χ1v) is 6.32. The summed E-state index contributed by atoms with van der Waals surface area (Å²) >= 11 is 0. The average Bonchev–Trinajstić information content (AvgIpc) is 2.93. The number of imidazole rings is 1. The summed E-state index contributed by atoms with van der Waals surface area (Å²) in [6.45, 7) is 2.04. The highest BCUT2D eigenvalue weighted by Crippen LogP contribution is 2.42. The fourth-order valence-corrected chi connectivity index (χ4v) is 2.71. The van der Waals surface area contributed by atoms with Crippen LogP contribution in [-0.2, 0) is 5.41 Å². The molecule has 0 amide bonds. The van der Waals surface area contributed by atoms with Gasteiger partial charge in [-0.15, -0.1) is 0 Å². The Bertz CT molecular complexity index is 628. The number of halogens is 1. The molecule has 0 saturated heterocycles. The maximum Gasteiger partial charge on any atom is 0.127 e. The lowest BCUT2D eigenvalue weighted by atomic mass is 9.69. The molecule has 1 aliphatic rings. The molecule has 2 unspecified atom stereocenters. The van der Waals surface area contributed by atoms with Crippen molar-refractivity contribution in [1.82, 2.24) is 9.97 Å². The topological polar surface area (TPSA) is 28.7 Å². The molecule has 96 valence electrons. The molecule has 0 spiro atoms. The second kappa shape index (κ2) is 4.50. The average molecular weight is 254 g/mol. The summed E-state index contributed by atoms with van der Waals surface area (Å²) < 4.78 is 14.1. The summed E-state index contributed by atoms with van der Waals surface area (Å²) in [5, 5.41) is 0. The summed E-state index contributed by atoms with van der Waals surface area (Å²) in [4.78, 5) is 7.46. The minimum absolute atomic E-state index is 0.00407. The van der Waals surface area contributed by atoms with Crippen LogP contribution in [0.1, 0.15) is 24.2 Å². The molecule has 1 aliphatic carbocycles. The monoisotopic (exact) mass is 254 g/mol. The predicted octanol–water partition coefficient (Wildman–Crippen LogP) is 3.72. The predicted molar refractivity (Wildman–Crippen MR) is 73.4 cm³/mol. The largest absolute Gasteiger partial charge is 0.348 e. The first kappa shape index (κ1) is 11.9. The molecule has 3 rings (SSSR count). The number of rotatable bonds is 2. The summed E-state index contributed by atoms with van der Waals surface area (Å²) in [6, 6.07) is 6.93. The van der Waals surface area contributed by atoms with E-state index in [4.69, 9.17) is 0 Å². The first-order chi connectivity index (χ1) is 9.22. The van der Waals surface area contributed by atoms with Crippen LogP contribution < -0.4 is 0 Å². The van der Waals surface area contributed by atoms with Crippen LogP contribution in [0.2, 0.25) is 0 Å². The minimum Gasteiger partial charge on any atom is -0.348 e. The zero-order valence-corrected chi connectivity index (χ0v) is 10.7. The lowest BCUT2D eigenvalue weighted by Gasteiger charge is -2.34. The van der Waals surface area contributed by atoms with E-state index in [-0.39, 0.29) is 11.7 Å². The van der Waals surface area contributed by atoms with Crippen molar-refractivity contribution in [2.24, 2.45) is 0 Å². The van der Waals surface area contributed by atoms with Crippen molar-refractivity contribution in [2.45, 2.75) is 18.3 Å². The van der Waals surface area contributed by atoms with Gasteiger partial charge in [0.05, 0.1) is 0 Å². The number of hydrogen-bond donors (Lipinski definition) is 1. The molecular weight excluding hydrogens is 239 g/mol. The Kier molecular flexibility index (Phi) is 2.82. The highest BCUT2D eigenvalue weighted by atomic mass is 19.1. The van der Waals surface area contributed by atoms with Crippen molar-refractivity contribution in [2.75, 3.05) is 0 Å². The molecule has 0 radical (unpaired) electrons. The lowest BCUT2D eigenvalue weighted by molar-refractivity contribution is 0.473. The number of nitrogens with one attached hydrogen (secondary N) is 1. The molecule has 0 aliphatic heterocycles. The van der Waals surface area contributed by atoms with Crippen molar-refractivity contribution in [1.29, 1.82) is 0 Å². The van der Waals surface area contributed by atoms with Gasteiger partial charge in [-0.3, -0.25) is 0 Å². The second-order valence-electron chi connectivity index (χ2n) is 4.96. The van der Waals surface area contributed by atoms with Crippen molar-refractivity contribution < 1.29 is 4.39 Å². The number of hydrogen-bond acceptors (Lipinski definition) is 1. The van der Waals surface area contributed by atoms with Gasteiger partial charge in [0.25, 0.3) is 0 Å². The highest BCUT2D eigenvalue weighted by Gasteiger charge is 2.37. The van der Waals surface area contributed by atoms with Crippen molar-refractivity contribution in [3.63, 3.8) is 0 Å². The summed E-state index contributed by atoms with van der Waals surface area (Å²) in [5.74, 6) is 0.678. The highest BCUT2D eigenvalue weighted by molar-refractivity contribution is 5.41. The molecule has 2 nitrogen and oxygen atoms in total.